The van der Waals surface area contributed by atoms with E-state index >= 15 is 0 Å². The van der Waals surface area contributed by atoms with Gasteiger partial charge < -0.3 is 4.57 Å². The highest BCUT2D eigenvalue weighted by atomic mass is 32.2. The van der Waals surface area contributed by atoms with Crippen molar-refractivity contribution in [2.24, 2.45) is 7.05 Å². The number of nitrogens with zero attached hydrogens (tertiary/aromatic N) is 2. The molecule has 5 nitrogen and oxygen atoms in total. The number of hydrogen-bond acceptors (Lipinski definition) is 3. The van der Waals surface area contributed by atoms with Crippen molar-refractivity contribution < 1.29 is 12.8 Å². The lowest BCUT2D eigenvalue weighted by Crippen LogP contribution is -2.15. The Hall–Kier alpha value is -1.89. The van der Waals surface area contributed by atoms with E-state index < -0.39 is 15.8 Å². The number of anilines is 1. The van der Waals surface area contributed by atoms with Crippen molar-refractivity contribution in [2.45, 2.75) is 12.7 Å². The number of rotatable bonds is 4. The van der Waals surface area contributed by atoms with Crippen LogP contribution in [0.4, 0.5) is 10.2 Å². The zero-order valence-electron chi connectivity index (χ0n) is 10.6. The molecule has 0 saturated heterocycles. The van der Waals surface area contributed by atoms with Gasteiger partial charge in [0.2, 0.25) is 10.0 Å². The highest BCUT2D eigenvalue weighted by Gasteiger charge is 2.14. The van der Waals surface area contributed by atoms with Crippen LogP contribution >= 0.6 is 0 Å². The molecule has 0 amide bonds. The largest absolute Gasteiger partial charge is 0.338 e. The predicted octanol–water partition coefficient (Wildman–Crippen LogP) is 1.81. The fraction of sp³-hybridized carbons (Fsp3) is 0.250. The van der Waals surface area contributed by atoms with E-state index in [4.69, 9.17) is 0 Å². The third-order valence-corrected chi connectivity index (χ3v) is 3.79. The Kier molecular flexibility index (Phi) is 3.57. The van der Waals surface area contributed by atoms with Gasteiger partial charge in [-0.2, -0.15) is 0 Å². The molecule has 0 fully saturated rings. The van der Waals surface area contributed by atoms with Crippen LogP contribution < -0.4 is 4.72 Å². The van der Waals surface area contributed by atoms with Gasteiger partial charge in [-0.25, -0.2) is 17.8 Å². The molecule has 0 aliphatic rings. The van der Waals surface area contributed by atoms with Crippen molar-refractivity contribution >= 4 is 15.8 Å². The van der Waals surface area contributed by atoms with Gasteiger partial charge in [0.1, 0.15) is 5.82 Å². The van der Waals surface area contributed by atoms with E-state index in [9.17, 15) is 12.8 Å². The molecule has 0 unspecified atom stereocenters. The van der Waals surface area contributed by atoms with Crippen molar-refractivity contribution in [1.82, 2.24) is 9.55 Å². The highest BCUT2D eigenvalue weighted by molar-refractivity contribution is 7.91. The zero-order valence-corrected chi connectivity index (χ0v) is 11.4. The van der Waals surface area contributed by atoms with E-state index in [0.29, 0.717) is 11.1 Å². The molecule has 7 heteroatoms. The van der Waals surface area contributed by atoms with Crippen LogP contribution in [0.3, 0.4) is 0 Å². The molecule has 0 bridgehead atoms. The van der Waals surface area contributed by atoms with E-state index in [-0.39, 0.29) is 11.6 Å². The Bertz CT molecular complexity index is 695. The monoisotopic (exact) mass is 283 g/mol. The molecule has 2 aromatic rings. The van der Waals surface area contributed by atoms with E-state index in [1.165, 1.54) is 12.4 Å². The van der Waals surface area contributed by atoms with E-state index in [1.54, 1.807) is 36.9 Å². The van der Waals surface area contributed by atoms with Crippen LogP contribution in [0.25, 0.3) is 0 Å². The molecule has 0 radical (unpaired) electrons. The number of nitrogens with one attached hydrogen (secondary N) is 1. The Balaban J connectivity index is 2.14. The first-order valence-corrected chi connectivity index (χ1v) is 7.24. The predicted molar refractivity (Wildman–Crippen MR) is 70.6 cm³/mol. The summed E-state index contributed by atoms with van der Waals surface area (Å²) in [6, 6.07) is 4.38. The summed E-state index contributed by atoms with van der Waals surface area (Å²) in [4.78, 5) is 3.87. The maximum Gasteiger partial charge on any atom is 0.238 e. The first kappa shape index (κ1) is 13.5. The fourth-order valence-corrected chi connectivity index (χ4v) is 2.72. The van der Waals surface area contributed by atoms with Crippen molar-refractivity contribution in [3.05, 3.63) is 47.7 Å². The number of aromatic nitrogens is 2. The minimum atomic E-state index is -3.60. The fourth-order valence-electron chi connectivity index (χ4n) is 1.61. The van der Waals surface area contributed by atoms with Gasteiger partial charge in [-0.05, 0) is 24.1 Å². The van der Waals surface area contributed by atoms with Crippen LogP contribution in [0.1, 0.15) is 11.1 Å². The van der Waals surface area contributed by atoms with Gasteiger partial charge in [0.05, 0.1) is 12.1 Å². The summed E-state index contributed by atoms with van der Waals surface area (Å²) in [6.07, 6.45) is 3.04. The topological polar surface area (TPSA) is 64.0 Å². The summed E-state index contributed by atoms with van der Waals surface area (Å²) < 4.78 is 41.1. The first-order valence-electron chi connectivity index (χ1n) is 5.59. The lowest BCUT2D eigenvalue weighted by atomic mass is 10.2. The van der Waals surface area contributed by atoms with Crippen molar-refractivity contribution in [3.8, 4) is 0 Å². The number of halogens is 1. The number of benzene rings is 1. The number of imidazole rings is 1. The van der Waals surface area contributed by atoms with E-state index in [0.717, 1.165) is 0 Å². The summed E-state index contributed by atoms with van der Waals surface area (Å²) in [5.41, 5.74) is 0.880. The molecule has 2 rings (SSSR count). The van der Waals surface area contributed by atoms with Crippen LogP contribution in [0.5, 0.6) is 0 Å². The van der Waals surface area contributed by atoms with E-state index in [2.05, 4.69) is 9.71 Å². The van der Waals surface area contributed by atoms with Crippen LogP contribution in [-0.4, -0.2) is 18.0 Å². The second-order valence-corrected chi connectivity index (χ2v) is 6.09. The quantitative estimate of drug-likeness (QED) is 0.930. The molecule has 102 valence electrons. The Morgan fingerprint density at radius 2 is 2.16 bits per heavy atom. The smallest absolute Gasteiger partial charge is 0.238 e. The third kappa shape index (κ3) is 3.54. The molecular formula is C12H14FN3O2S. The first-order chi connectivity index (χ1) is 8.85. The van der Waals surface area contributed by atoms with Gasteiger partial charge in [0.15, 0.2) is 5.82 Å². The van der Waals surface area contributed by atoms with Crippen molar-refractivity contribution in [2.75, 3.05) is 4.72 Å². The molecule has 1 aromatic heterocycles. The van der Waals surface area contributed by atoms with Gasteiger partial charge in [0.25, 0.3) is 0 Å². The molecule has 0 spiro atoms. The molecule has 0 aliphatic heterocycles. The van der Waals surface area contributed by atoms with Gasteiger partial charge >= 0.3 is 0 Å². The molecule has 0 atom stereocenters. The summed E-state index contributed by atoms with van der Waals surface area (Å²) in [7, 11) is -1.86. The zero-order chi connectivity index (χ0) is 14.0. The van der Waals surface area contributed by atoms with Crippen molar-refractivity contribution in [3.63, 3.8) is 0 Å². The summed E-state index contributed by atoms with van der Waals surface area (Å²) in [6.45, 7) is 1.62. The minimum Gasteiger partial charge on any atom is -0.338 e. The van der Waals surface area contributed by atoms with E-state index in [1.807, 2.05) is 0 Å². The second-order valence-electron chi connectivity index (χ2n) is 4.37. The lowest BCUT2D eigenvalue weighted by Gasteiger charge is -2.06. The third-order valence-electron chi connectivity index (χ3n) is 2.56. The molecular weight excluding hydrogens is 269 g/mol. The lowest BCUT2D eigenvalue weighted by molar-refractivity contribution is 0.599. The standard InChI is InChI=1S/C12H14FN3O2S/c1-9-3-4-10(5-11(9)13)7-19(17,18)15-12-6-16(2)8-14-12/h3-6,8,15H,7H2,1-2H3. The maximum absolute atomic E-state index is 13.4. The summed E-state index contributed by atoms with van der Waals surface area (Å²) in [5.74, 6) is -0.457. The van der Waals surface area contributed by atoms with Gasteiger partial charge in [-0.15, -0.1) is 0 Å². The molecule has 0 saturated carbocycles. The van der Waals surface area contributed by atoms with Crippen LogP contribution in [0.15, 0.2) is 30.7 Å². The molecule has 0 aliphatic carbocycles. The average Bonchev–Trinajstić information content (AvgIpc) is 2.68. The Labute approximate surface area is 111 Å². The molecule has 1 aromatic carbocycles. The van der Waals surface area contributed by atoms with Gasteiger partial charge in [-0.1, -0.05) is 12.1 Å². The Morgan fingerprint density at radius 1 is 1.42 bits per heavy atom. The van der Waals surface area contributed by atoms with Crippen LogP contribution in [-0.2, 0) is 22.8 Å². The second kappa shape index (κ2) is 5.00. The summed E-state index contributed by atoms with van der Waals surface area (Å²) >= 11 is 0. The molecule has 1 heterocycles. The number of hydrogen-bond donors (Lipinski definition) is 1. The van der Waals surface area contributed by atoms with Gasteiger partial charge in [-0.3, -0.25) is 4.72 Å². The van der Waals surface area contributed by atoms with Gasteiger partial charge in [0, 0.05) is 13.2 Å². The normalized spacial score (nSPS) is 11.5. The van der Waals surface area contributed by atoms with Crippen LogP contribution in [0.2, 0.25) is 0 Å². The number of aryl methyl sites for hydroxylation is 2. The summed E-state index contributed by atoms with van der Waals surface area (Å²) in [5, 5.41) is 0. The maximum atomic E-state index is 13.4. The molecule has 19 heavy (non-hydrogen) atoms. The van der Waals surface area contributed by atoms with Crippen molar-refractivity contribution in [1.29, 1.82) is 0 Å². The SMILES string of the molecule is Cc1ccc(CS(=O)(=O)Nc2cn(C)cn2)cc1F. The van der Waals surface area contributed by atoms with Crippen LogP contribution in [0, 0.1) is 12.7 Å². The minimum absolute atomic E-state index is 0.245. The Morgan fingerprint density at radius 3 is 2.74 bits per heavy atom. The highest BCUT2D eigenvalue weighted by Crippen LogP contribution is 2.14. The number of sulfonamides is 1. The molecule has 1 N–H and O–H groups in total. The average molecular weight is 283 g/mol.